The Morgan fingerprint density at radius 1 is 1.44 bits per heavy atom. The van der Waals surface area contributed by atoms with Crippen LogP contribution in [0, 0.1) is 0 Å². The molecule has 18 heavy (non-hydrogen) atoms. The van der Waals surface area contributed by atoms with E-state index < -0.39 is 0 Å². The number of rotatable bonds is 4. The summed E-state index contributed by atoms with van der Waals surface area (Å²) in [7, 11) is 1.81. The molecule has 0 saturated carbocycles. The van der Waals surface area contributed by atoms with Gasteiger partial charge in [-0.1, -0.05) is 6.07 Å². The number of pyridine rings is 1. The van der Waals surface area contributed by atoms with E-state index in [1.807, 2.05) is 13.1 Å². The first-order valence-electron chi connectivity index (χ1n) is 5.57. The fourth-order valence-corrected chi connectivity index (χ4v) is 2.70. The average Bonchev–Trinajstić information content (AvgIpc) is 2.89. The second kappa shape index (κ2) is 6.11. The van der Waals surface area contributed by atoms with Gasteiger partial charge in [0.15, 0.2) is 0 Å². The summed E-state index contributed by atoms with van der Waals surface area (Å²) in [6.45, 7) is 0.709. The minimum absolute atomic E-state index is 0.00784. The summed E-state index contributed by atoms with van der Waals surface area (Å²) in [5.74, 6) is -0.00784. The normalized spacial score (nSPS) is 10.3. The molecule has 0 bridgehead atoms. The second-order valence-electron chi connectivity index (χ2n) is 3.90. The van der Waals surface area contributed by atoms with Gasteiger partial charge in [-0.25, -0.2) is 4.98 Å². The predicted molar refractivity (Wildman–Crippen MR) is 76.9 cm³/mol. The molecule has 0 unspecified atom stereocenters. The molecule has 0 aliphatic heterocycles. The third-order valence-corrected chi connectivity index (χ3v) is 4.18. The number of carbonyl (C=O) groups excluding carboxylic acids is 1. The van der Waals surface area contributed by atoms with Gasteiger partial charge in [0.25, 0.3) is 5.91 Å². The largest absolute Gasteiger partial charge is 0.341 e. The first kappa shape index (κ1) is 13.2. The zero-order chi connectivity index (χ0) is 13.0. The van der Waals surface area contributed by atoms with Gasteiger partial charge in [-0.05, 0) is 45.9 Å². The fourth-order valence-electron chi connectivity index (χ4n) is 1.59. The SMILES string of the molecule is CN(CCc1cccs1)C(=O)c1cccnc1Br. The van der Waals surface area contributed by atoms with Crippen LogP contribution in [0.1, 0.15) is 15.2 Å². The Kier molecular flexibility index (Phi) is 4.49. The highest BCUT2D eigenvalue weighted by atomic mass is 79.9. The van der Waals surface area contributed by atoms with E-state index in [1.54, 1.807) is 34.6 Å². The summed E-state index contributed by atoms with van der Waals surface area (Å²) in [6.07, 6.45) is 2.55. The molecule has 0 saturated heterocycles. The molecule has 2 heterocycles. The third kappa shape index (κ3) is 3.17. The zero-order valence-electron chi connectivity index (χ0n) is 9.97. The molecule has 0 aliphatic rings. The van der Waals surface area contributed by atoms with Crippen molar-refractivity contribution < 1.29 is 4.79 Å². The number of hydrogen-bond donors (Lipinski definition) is 0. The summed E-state index contributed by atoms with van der Waals surface area (Å²) < 4.78 is 0.595. The molecular formula is C13H13BrN2OS. The summed E-state index contributed by atoms with van der Waals surface area (Å²) in [5.41, 5.74) is 0.603. The smallest absolute Gasteiger partial charge is 0.256 e. The van der Waals surface area contributed by atoms with Crippen LogP contribution in [0.4, 0.5) is 0 Å². The van der Waals surface area contributed by atoms with Crippen LogP contribution in [0.25, 0.3) is 0 Å². The number of amides is 1. The first-order chi connectivity index (χ1) is 8.68. The monoisotopic (exact) mass is 324 g/mol. The van der Waals surface area contributed by atoms with Gasteiger partial charge in [0.1, 0.15) is 4.60 Å². The van der Waals surface area contributed by atoms with Gasteiger partial charge < -0.3 is 4.90 Å². The molecular weight excluding hydrogens is 312 g/mol. The van der Waals surface area contributed by atoms with Gasteiger partial charge >= 0.3 is 0 Å². The highest BCUT2D eigenvalue weighted by Crippen LogP contribution is 2.15. The average molecular weight is 325 g/mol. The highest BCUT2D eigenvalue weighted by molar-refractivity contribution is 9.10. The summed E-state index contributed by atoms with van der Waals surface area (Å²) in [4.78, 5) is 19.3. The summed E-state index contributed by atoms with van der Waals surface area (Å²) in [6, 6.07) is 7.66. The lowest BCUT2D eigenvalue weighted by Gasteiger charge is -2.17. The van der Waals surface area contributed by atoms with Crippen molar-refractivity contribution in [2.75, 3.05) is 13.6 Å². The van der Waals surface area contributed by atoms with Crippen molar-refractivity contribution in [2.24, 2.45) is 0 Å². The lowest BCUT2D eigenvalue weighted by molar-refractivity contribution is 0.0795. The topological polar surface area (TPSA) is 33.2 Å². The van der Waals surface area contributed by atoms with E-state index >= 15 is 0 Å². The van der Waals surface area contributed by atoms with E-state index in [0.717, 1.165) is 6.42 Å². The molecule has 2 aromatic heterocycles. The van der Waals surface area contributed by atoms with Crippen LogP contribution in [0.3, 0.4) is 0 Å². The molecule has 0 N–H and O–H groups in total. The van der Waals surface area contributed by atoms with Gasteiger partial charge in [0, 0.05) is 24.7 Å². The molecule has 3 nitrogen and oxygen atoms in total. The van der Waals surface area contributed by atoms with Crippen LogP contribution in [0.15, 0.2) is 40.4 Å². The van der Waals surface area contributed by atoms with Crippen molar-refractivity contribution in [3.63, 3.8) is 0 Å². The zero-order valence-corrected chi connectivity index (χ0v) is 12.4. The number of carbonyl (C=O) groups is 1. The maximum Gasteiger partial charge on any atom is 0.256 e. The second-order valence-corrected chi connectivity index (χ2v) is 5.68. The van der Waals surface area contributed by atoms with Gasteiger partial charge in [-0.2, -0.15) is 0 Å². The van der Waals surface area contributed by atoms with Gasteiger partial charge in [0.05, 0.1) is 5.56 Å². The molecule has 5 heteroatoms. The van der Waals surface area contributed by atoms with E-state index in [-0.39, 0.29) is 5.91 Å². The predicted octanol–water partition coefficient (Wildman–Crippen LogP) is 3.22. The molecule has 0 fully saturated rings. The van der Waals surface area contributed by atoms with Crippen molar-refractivity contribution in [3.05, 3.63) is 50.9 Å². The lowest BCUT2D eigenvalue weighted by atomic mass is 10.2. The lowest BCUT2D eigenvalue weighted by Crippen LogP contribution is -2.29. The highest BCUT2D eigenvalue weighted by Gasteiger charge is 2.14. The van der Waals surface area contributed by atoms with Crippen LogP contribution in [0.5, 0.6) is 0 Å². The van der Waals surface area contributed by atoms with Crippen molar-refractivity contribution in [3.8, 4) is 0 Å². The molecule has 2 aromatic rings. The number of halogens is 1. The third-order valence-electron chi connectivity index (χ3n) is 2.61. The Morgan fingerprint density at radius 2 is 2.28 bits per heavy atom. The Balaban J connectivity index is 1.99. The first-order valence-corrected chi connectivity index (χ1v) is 7.24. The van der Waals surface area contributed by atoms with Crippen molar-refractivity contribution >= 4 is 33.2 Å². The quantitative estimate of drug-likeness (QED) is 0.809. The summed E-state index contributed by atoms with van der Waals surface area (Å²) in [5, 5.41) is 2.05. The van der Waals surface area contributed by atoms with E-state index in [1.165, 1.54) is 4.88 Å². The summed E-state index contributed by atoms with van der Waals surface area (Å²) >= 11 is 5.01. The van der Waals surface area contributed by atoms with E-state index in [9.17, 15) is 4.79 Å². The molecule has 0 aliphatic carbocycles. The van der Waals surface area contributed by atoms with Crippen LogP contribution in [0.2, 0.25) is 0 Å². The maximum atomic E-state index is 12.2. The van der Waals surface area contributed by atoms with Crippen molar-refractivity contribution in [1.29, 1.82) is 0 Å². The minimum atomic E-state index is -0.00784. The van der Waals surface area contributed by atoms with Crippen molar-refractivity contribution in [2.45, 2.75) is 6.42 Å². The molecule has 0 aromatic carbocycles. The van der Waals surface area contributed by atoms with Crippen LogP contribution in [-0.2, 0) is 6.42 Å². The number of likely N-dealkylation sites (N-methyl/N-ethyl adjacent to an activating group) is 1. The maximum absolute atomic E-state index is 12.2. The molecule has 2 rings (SSSR count). The number of thiophene rings is 1. The fraction of sp³-hybridized carbons (Fsp3) is 0.231. The number of nitrogens with zero attached hydrogens (tertiary/aromatic N) is 2. The van der Waals surface area contributed by atoms with E-state index in [4.69, 9.17) is 0 Å². The molecule has 0 spiro atoms. The van der Waals surface area contributed by atoms with Gasteiger partial charge in [-0.3, -0.25) is 4.79 Å². The van der Waals surface area contributed by atoms with Crippen LogP contribution in [-0.4, -0.2) is 29.4 Å². The Morgan fingerprint density at radius 3 is 2.94 bits per heavy atom. The molecule has 94 valence electrons. The molecule has 0 atom stereocenters. The van der Waals surface area contributed by atoms with Crippen molar-refractivity contribution in [1.82, 2.24) is 9.88 Å². The standard InChI is InChI=1S/C13H13BrN2OS/c1-16(8-6-10-4-3-9-18-10)13(17)11-5-2-7-15-12(11)14/h2-5,7,9H,6,8H2,1H3. The molecule has 1 amide bonds. The Hall–Kier alpha value is -1.20. The van der Waals surface area contributed by atoms with Crippen LogP contribution >= 0.6 is 27.3 Å². The number of aromatic nitrogens is 1. The van der Waals surface area contributed by atoms with Crippen LogP contribution < -0.4 is 0 Å². The minimum Gasteiger partial charge on any atom is -0.341 e. The van der Waals surface area contributed by atoms with E-state index in [2.05, 4.69) is 32.4 Å². The van der Waals surface area contributed by atoms with Gasteiger partial charge in [0.2, 0.25) is 0 Å². The number of hydrogen-bond acceptors (Lipinski definition) is 3. The van der Waals surface area contributed by atoms with Gasteiger partial charge in [-0.15, -0.1) is 11.3 Å². The Bertz CT molecular complexity index is 528. The van der Waals surface area contributed by atoms with E-state index in [0.29, 0.717) is 16.7 Å². The molecule has 0 radical (unpaired) electrons. The Labute approximate surface area is 119 Å².